The van der Waals surface area contributed by atoms with Crippen LogP contribution in [0.1, 0.15) is 17.2 Å². The number of hydrogen-bond donors (Lipinski definition) is 0. The van der Waals surface area contributed by atoms with Crippen LogP contribution in [0, 0.1) is 0 Å². The molecule has 0 radical (unpaired) electrons. The van der Waals surface area contributed by atoms with Crippen LogP contribution in [0.15, 0.2) is 163 Å². The molecule has 1 aliphatic heterocycles. The molecule has 7 aromatic carbocycles. The van der Waals surface area contributed by atoms with Gasteiger partial charge in [-0.05, 0) is 55.9 Å². The molecule has 0 fully saturated rings. The molecule has 1 aliphatic rings. The molecule has 41 heavy (non-hydrogen) atoms. The third-order valence-electron chi connectivity index (χ3n) is 8.22. The molecule has 0 bridgehead atoms. The van der Waals surface area contributed by atoms with Crippen LogP contribution in [0.4, 0.5) is 11.4 Å². The van der Waals surface area contributed by atoms with Crippen LogP contribution in [0.3, 0.4) is 0 Å². The monoisotopic (exact) mass is 523 g/mol. The molecule has 0 aromatic heterocycles. The Morgan fingerprint density at radius 1 is 0.415 bits per heavy atom. The largest absolute Gasteiger partial charge is 0.237 e. The molecule has 0 aliphatic carbocycles. The van der Waals surface area contributed by atoms with E-state index < -0.39 is 0 Å². The van der Waals surface area contributed by atoms with Crippen molar-refractivity contribution in [3.63, 3.8) is 0 Å². The maximum absolute atomic E-state index is 5.01. The van der Waals surface area contributed by atoms with Gasteiger partial charge in [0.25, 0.3) is 0 Å². The van der Waals surface area contributed by atoms with E-state index >= 15 is 0 Å². The molecule has 0 saturated heterocycles. The van der Waals surface area contributed by atoms with E-state index in [1.807, 2.05) is 6.07 Å². The average molecular weight is 524 g/mol. The third-order valence-corrected chi connectivity index (χ3v) is 8.22. The zero-order valence-electron chi connectivity index (χ0n) is 22.5. The standard InChI is InChI=1S/C39H27N2/c1-3-13-27(14-4-1)37-31-17-7-9-19-33(31)38(34-20-10-8-18-32(34)37)28-23-25-29(26-24-28)39-35-21-11-12-22-36(35)40-41(39)30-15-5-2-6-16-30/h1-26,39H/q+1. The summed E-state index contributed by atoms with van der Waals surface area (Å²) in [5, 5.41) is 10.1. The number of rotatable bonds is 4. The lowest BCUT2D eigenvalue weighted by molar-refractivity contribution is -0.536. The first-order chi connectivity index (χ1) is 20.4. The van der Waals surface area contributed by atoms with E-state index in [0.717, 1.165) is 11.4 Å². The van der Waals surface area contributed by atoms with Gasteiger partial charge in [-0.1, -0.05) is 138 Å². The van der Waals surface area contributed by atoms with Crippen LogP contribution in [0.2, 0.25) is 0 Å². The molecule has 0 N–H and O–H groups in total. The van der Waals surface area contributed by atoms with Crippen molar-refractivity contribution in [2.45, 2.75) is 6.04 Å². The summed E-state index contributed by atoms with van der Waals surface area (Å²) in [6.45, 7) is 0. The number of benzene rings is 7. The number of para-hydroxylation sites is 1. The fourth-order valence-electron chi connectivity index (χ4n) is 6.41. The van der Waals surface area contributed by atoms with Crippen molar-refractivity contribution in [2.24, 2.45) is 5.11 Å². The highest BCUT2D eigenvalue weighted by atomic mass is 15.3. The summed E-state index contributed by atoms with van der Waals surface area (Å²) >= 11 is 0. The quantitative estimate of drug-likeness (QED) is 0.161. The lowest BCUT2D eigenvalue weighted by atomic mass is 9.85. The lowest BCUT2D eigenvalue weighted by Gasteiger charge is -2.18. The Morgan fingerprint density at radius 2 is 0.878 bits per heavy atom. The van der Waals surface area contributed by atoms with E-state index in [0.29, 0.717) is 0 Å². The van der Waals surface area contributed by atoms with Gasteiger partial charge in [-0.15, -0.1) is 0 Å². The Balaban J connectivity index is 1.31. The summed E-state index contributed by atoms with van der Waals surface area (Å²) in [5.41, 5.74) is 9.60. The second-order valence-electron chi connectivity index (χ2n) is 10.6. The molecule has 2 nitrogen and oxygen atoms in total. The van der Waals surface area contributed by atoms with Gasteiger partial charge in [0.05, 0.1) is 5.56 Å². The zero-order chi connectivity index (χ0) is 27.2. The molecule has 1 heterocycles. The van der Waals surface area contributed by atoms with Crippen molar-refractivity contribution in [3.8, 4) is 22.3 Å². The smallest absolute Gasteiger partial charge is 0.0722 e. The molecule has 8 rings (SSSR count). The molecule has 7 aromatic rings. The normalized spacial score (nSPS) is 14.2. The van der Waals surface area contributed by atoms with Crippen molar-refractivity contribution in [1.29, 1.82) is 0 Å². The van der Waals surface area contributed by atoms with Crippen LogP contribution in [-0.4, -0.2) is 4.70 Å². The highest BCUT2D eigenvalue weighted by Gasteiger charge is 2.37. The Hall–Kier alpha value is -5.34. The van der Waals surface area contributed by atoms with Crippen LogP contribution in [0.5, 0.6) is 0 Å². The summed E-state index contributed by atoms with van der Waals surface area (Å²) < 4.78 is 2.15. The van der Waals surface area contributed by atoms with Gasteiger partial charge in [0.1, 0.15) is 5.69 Å². The van der Waals surface area contributed by atoms with E-state index in [2.05, 4.69) is 156 Å². The van der Waals surface area contributed by atoms with Gasteiger partial charge in [0.15, 0.2) is 0 Å². The molecule has 1 unspecified atom stereocenters. The summed E-state index contributed by atoms with van der Waals surface area (Å²) in [7, 11) is 0. The van der Waals surface area contributed by atoms with Gasteiger partial charge in [0.2, 0.25) is 11.7 Å². The fourth-order valence-corrected chi connectivity index (χ4v) is 6.41. The van der Waals surface area contributed by atoms with Crippen molar-refractivity contribution in [2.75, 3.05) is 0 Å². The molecule has 0 spiro atoms. The fraction of sp³-hybridized carbons (Fsp3) is 0.0256. The number of fused-ring (bicyclic) bond motifs is 3. The van der Waals surface area contributed by atoms with E-state index in [1.165, 1.54) is 54.9 Å². The van der Waals surface area contributed by atoms with Gasteiger partial charge in [0, 0.05) is 22.8 Å². The van der Waals surface area contributed by atoms with Crippen molar-refractivity contribution in [3.05, 3.63) is 169 Å². The second kappa shape index (κ2) is 9.69. The minimum absolute atomic E-state index is 0.0246. The Labute approximate surface area is 239 Å². The Bertz CT molecular complexity index is 2020. The first-order valence-corrected chi connectivity index (χ1v) is 14.1. The molecule has 192 valence electrons. The van der Waals surface area contributed by atoms with Gasteiger partial charge >= 0.3 is 0 Å². The van der Waals surface area contributed by atoms with Crippen LogP contribution in [0.25, 0.3) is 43.8 Å². The molecule has 2 heteroatoms. The Kier molecular flexibility index (Phi) is 5.56. The van der Waals surface area contributed by atoms with Crippen molar-refractivity contribution >= 4 is 32.9 Å². The summed E-state index contributed by atoms with van der Waals surface area (Å²) in [5.74, 6) is 0. The molecular weight excluding hydrogens is 496 g/mol. The molecule has 0 saturated carbocycles. The highest BCUT2D eigenvalue weighted by molar-refractivity contribution is 6.21. The second-order valence-corrected chi connectivity index (χ2v) is 10.6. The summed E-state index contributed by atoms with van der Waals surface area (Å²) in [6.07, 6.45) is 0. The predicted octanol–water partition coefficient (Wildman–Crippen LogP) is 10.9. The third kappa shape index (κ3) is 3.88. The molecule has 0 amide bonds. The van der Waals surface area contributed by atoms with Gasteiger partial charge in [-0.3, -0.25) is 0 Å². The summed E-state index contributed by atoms with van der Waals surface area (Å²) in [6, 6.07) is 56.5. The average Bonchev–Trinajstić information content (AvgIpc) is 3.44. The number of hydrogen-bond acceptors (Lipinski definition) is 1. The van der Waals surface area contributed by atoms with E-state index in [4.69, 9.17) is 5.11 Å². The van der Waals surface area contributed by atoms with E-state index in [-0.39, 0.29) is 6.04 Å². The zero-order valence-corrected chi connectivity index (χ0v) is 22.5. The SMILES string of the molecule is c1ccc(-c2c3ccccc3c(-c3ccc(C4c5ccccc5N=[N+]4c4ccccc4)cc3)c3ccccc23)cc1. The minimum Gasteiger partial charge on any atom is -0.0722 e. The van der Waals surface area contributed by atoms with E-state index in [1.54, 1.807) is 0 Å². The number of nitrogens with zero attached hydrogens (tertiary/aromatic N) is 2. The van der Waals surface area contributed by atoms with Crippen molar-refractivity contribution in [1.82, 2.24) is 0 Å². The first kappa shape index (κ1) is 23.5. The molecular formula is C39H27N2+. The maximum atomic E-state index is 5.01. The van der Waals surface area contributed by atoms with Gasteiger partial charge < -0.3 is 0 Å². The van der Waals surface area contributed by atoms with Crippen LogP contribution in [-0.2, 0) is 0 Å². The lowest BCUT2D eigenvalue weighted by Crippen LogP contribution is -2.10. The maximum Gasteiger partial charge on any atom is 0.237 e. The van der Waals surface area contributed by atoms with Crippen molar-refractivity contribution < 1.29 is 4.70 Å². The van der Waals surface area contributed by atoms with Gasteiger partial charge in [-0.2, -0.15) is 0 Å². The summed E-state index contributed by atoms with van der Waals surface area (Å²) in [4.78, 5) is 0. The Morgan fingerprint density at radius 3 is 1.46 bits per heavy atom. The topological polar surface area (TPSA) is 15.4 Å². The van der Waals surface area contributed by atoms with Crippen LogP contribution < -0.4 is 0 Å². The molecule has 1 atom stereocenters. The van der Waals surface area contributed by atoms with Crippen LogP contribution >= 0.6 is 0 Å². The van der Waals surface area contributed by atoms with Gasteiger partial charge in [-0.25, -0.2) is 0 Å². The predicted molar refractivity (Wildman–Crippen MR) is 169 cm³/mol. The number of azo groups is 2. The minimum atomic E-state index is 0.0246. The van der Waals surface area contributed by atoms with E-state index in [9.17, 15) is 0 Å². The highest BCUT2D eigenvalue weighted by Crippen LogP contribution is 2.46. The first-order valence-electron chi connectivity index (χ1n) is 14.1.